The summed E-state index contributed by atoms with van der Waals surface area (Å²) in [7, 11) is -0.422. The molecule has 1 fully saturated rings. The van der Waals surface area contributed by atoms with Gasteiger partial charge in [0.05, 0.1) is 11.2 Å². The van der Waals surface area contributed by atoms with Gasteiger partial charge in [0, 0.05) is 17.0 Å². The van der Waals surface area contributed by atoms with E-state index in [1.807, 2.05) is 45.9 Å². The Labute approximate surface area is 114 Å². The Bertz CT molecular complexity index is 446. The molecule has 0 saturated carbocycles. The van der Waals surface area contributed by atoms with Gasteiger partial charge in [-0.3, -0.25) is 0 Å². The average Bonchev–Trinajstić information content (AvgIpc) is 2.47. The number of hydrogen-bond acceptors (Lipinski definition) is 3. The molecule has 2 rings (SSSR count). The van der Waals surface area contributed by atoms with Gasteiger partial charge in [0.15, 0.2) is 0 Å². The molecule has 0 bridgehead atoms. The highest BCUT2D eigenvalue weighted by Gasteiger charge is 2.52. The zero-order chi connectivity index (χ0) is 13.6. The van der Waals surface area contributed by atoms with Crippen LogP contribution in [0.15, 0.2) is 18.2 Å². The summed E-state index contributed by atoms with van der Waals surface area (Å²) < 4.78 is 11.9. The van der Waals surface area contributed by atoms with Gasteiger partial charge < -0.3 is 15.0 Å². The molecule has 1 aliphatic heterocycles. The third kappa shape index (κ3) is 2.30. The van der Waals surface area contributed by atoms with E-state index >= 15 is 0 Å². The summed E-state index contributed by atoms with van der Waals surface area (Å²) in [5, 5.41) is 0.636. The van der Waals surface area contributed by atoms with E-state index in [1.54, 1.807) is 0 Å². The Morgan fingerprint density at radius 3 is 2.17 bits per heavy atom. The van der Waals surface area contributed by atoms with Crippen molar-refractivity contribution in [3.63, 3.8) is 0 Å². The number of nitrogens with two attached hydrogens (primary N) is 1. The van der Waals surface area contributed by atoms with E-state index in [4.69, 9.17) is 26.6 Å². The fourth-order valence-corrected chi connectivity index (χ4v) is 2.15. The van der Waals surface area contributed by atoms with Crippen LogP contribution in [0.25, 0.3) is 0 Å². The number of hydrogen-bond donors (Lipinski definition) is 1. The van der Waals surface area contributed by atoms with Gasteiger partial charge in [0.25, 0.3) is 0 Å². The molecular formula is C13H19BClNO2. The van der Waals surface area contributed by atoms with Crippen molar-refractivity contribution >= 4 is 24.2 Å². The first-order valence-corrected chi connectivity index (χ1v) is 6.49. The first-order valence-electron chi connectivity index (χ1n) is 6.11. The molecule has 1 aliphatic rings. The molecule has 3 nitrogen and oxygen atoms in total. The highest BCUT2D eigenvalue weighted by Crippen LogP contribution is 2.36. The standard InChI is InChI=1S/C13H19BClNO2/c1-12(2)13(3,4)18-14(17-12)10-6-5-9(8-16)7-11(10)15/h5-7H,8,16H2,1-4H3. The molecule has 0 radical (unpaired) electrons. The Morgan fingerprint density at radius 2 is 1.72 bits per heavy atom. The van der Waals surface area contributed by atoms with Crippen LogP contribution < -0.4 is 11.2 Å². The summed E-state index contributed by atoms with van der Waals surface area (Å²) in [6.45, 7) is 8.57. The normalized spacial score (nSPS) is 21.3. The van der Waals surface area contributed by atoms with Gasteiger partial charge in [-0.1, -0.05) is 23.7 Å². The summed E-state index contributed by atoms with van der Waals surface area (Å²) >= 11 is 6.26. The van der Waals surface area contributed by atoms with Crippen LogP contribution in [0.1, 0.15) is 33.3 Å². The fraction of sp³-hybridized carbons (Fsp3) is 0.538. The summed E-state index contributed by atoms with van der Waals surface area (Å²) in [6.07, 6.45) is 0. The van der Waals surface area contributed by atoms with Crippen LogP contribution in [-0.4, -0.2) is 18.3 Å². The summed E-state index contributed by atoms with van der Waals surface area (Å²) in [5.74, 6) is 0. The third-order valence-electron chi connectivity index (χ3n) is 3.81. The first kappa shape index (κ1) is 13.9. The molecule has 0 aliphatic carbocycles. The highest BCUT2D eigenvalue weighted by molar-refractivity contribution is 6.65. The average molecular weight is 268 g/mol. The second-order valence-electron chi connectivity index (χ2n) is 5.65. The molecule has 18 heavy (non-hydrogen) atoms. The summed E-state index contributed by atoms with van der Waals surface area (Å²) in [5.41, 5.74) is 6.73. The van der Waals surface area contributed by atoms with Gasteiger partial charge in [-0.05, 0) is 39.3 Å². The minimum absolute atomic E-state index is 0.354. The van der Waals surface area contributed by atoms with Crippen molar-refractivity contribution in [3.8, 4) is 0 Å². The topological polar surface area (TPSA) is 44.5 Å². The van der Waals surface area contributed by atoms with Gasteiger partial charge >= 0.3 is 7.12 Å². The van der Waals surface area contributed by atoms with Crippen LogP contribution in [0.2, 0.25) is 5.02 Å². The maximum Gasteiger partial charge on any atom is 0.496 e. The molecule has 1 aromatic rings. The van der Waals surface area contributed by atoms with Crippen LogP contribution in [0, 0.1) is 0 Å². The second-order valence-corrected chi connectivity index (χ2v) is 6.06. The minimum atomic E-state index is -0.422. The van der Waals surface area contributed by atoms with Gasteiger partial charge in [-0.2, -0.15) is 0 Å². The monoisotopic (exact) mass is 267 g/mol. The lowest BCUT2D eigenvalue weighted by molar-refractivity contribution is 0.00578. The van der Waals surface area contributed by atoms with Gasteiger partial charge in [0.2, 0.25) is 0 Å². The molecule has 1 saturated heterocycles. The predicted molar refractivity (Wildman–Crippen MR) is 75.1 cm³/mol. The number of rotatable bonds is 2. The molecule has 0 spiro atoms. The Morgan fingerprint density at radius 1 is 1.17 bits per heavy atom. The zero-order valence-electron chi connectivity index (χ0n) is 11.3. The van der Waals surface area contributed by atoms with Crippen LogP contribution in [-0.2, 0) is 15.9 Å². The number of benzene rings is 1. The van der Waals surface area contributed by atoms with Gasteiger partial charge in [0.1, 0.15) is 0 Å². The third-order valence-corrected chi connectivity index (χ3v) is 4.14. The van der Waals surface area contributed by atoms with E-state index in [1.165, 1.54) is 0 Å². The largest absolute Gasteiger partial charge is 0.496 e. The maximum absolute atomic E-state index is 6.26. The van der Waals surface area contributed by atoms with E-state index in [9.17, 15) is 0 Å². The first-order chi connectivity index (χ1) is 8.27. The minimum Gasteiger partial charge on any atom is -0.399 e. The lowest BCUT2D eigenvalue weighted by Crippen LogP contribution is -2.41. The van der Waals surface area contributed by atoms with Crippen molar-refractivity contribution in [1.82, 2.24) is 0 Å². The van der Waals surface area contributed by atoms with Crippen LogP contribution in [0.3, 0.4) is 0 Å². The van der Waals surface area contributed by atoms with Crippen molar-refractivity contribution in [2.45, 2.75) is 45.4 Å². The van der Waals surface area contributed by atoms with E-state index in [2.05, 4.69) is 0 Å². The van der Waals surface area contributed by atoms with E-state index < -0.39 is 7.12 Å². The molecule has 0 atom stereocenters. The molecule has 0 amide bonds. The number of halogens is 1. The van der Waals surface area contributed by atoms with Crippen LogP contribution >= 0.6 is 11.6 Å². The highest BCUT2D eigenvalue weighted by atomic mass is 35.5. The smallest absolute Gasteiger partial charge is 0.399 e. The molecule has 0 aromatic heterocycles. The molecule has 0 unspecified atom stereocenters. The fourth-order valence-electron chi connectivity index (χ4n) is 1.86. The molecule has 1 heterocycles. The molecule has 5 heteroatoms. The second kappa shape index (κ2) is 4.53. The van der Waals surface area contributed by atoms with Gasteiger partial charge in [-0.25, -0.2) is 0 Å². The van der Waals surface area contributed by atoms with Crippen molar-refractivity contribution < 1.29 is 9.31 Å². The lowest BCUT2D eigenvalue weighted by atomic mass is 9.78. The van der Waals surface area contributed by atoms with Crippen molar-refractivity contribution in [2.24, 2.45) is 5.73 Å². The lowest BCUT2D eigenvalue weighted by Gasteiger charge is -2.32. The zero-order valence-corrected chi connectivity index (χ0v) is 12.0. The quantitative estimate of drug-likeness (QED) is 0.835. The Kier molecular flexibility index (Phi) is 3.49. The van der Waals surface area contributed by atoms with Crippen LogP contribution in [0.4, 0.5) is 0 Å². The maximum atomic E-state index is 6.26. The van der Waals surface area contributed by atoms with Crippen molar-refractivity contribution in [2.75, 3.05) is 0 Å². The van der Waals surface area contributed by atoms with Crippen molar-refractivity contribution in [1.29, 1.82) is 0 Å². The molecular weight excluding hydrogens is 248 g/mol. The Hall–Kier alpha value is -0.545. The van der Waals surface area contributed by atoms with E-state index in [-0.39, 0.29) is 11.2 Å². The van der Waals surface area contributed by atoms with Crippen LogP contribution in [0.5, 0.6) is 0 Å². The summed E-state index contributed by atoms with van der Waals surface area (Å²) in [4.78, 5) is 0. The molecule has 2 N–H and O–H groups in total. The predicted octanol–water partition coefficient (Wildman–Crippen LogP) is 2.10. The Balaban J connectivity index is 2.30. The SMILES string of the molecule is CC1(C)OB(c2ccc(CN)cc2Cl)OC1(C)C. The van der Waals surface area contributed by atoms with Gasteiger partial charge in [-0.15, -0.1) is 0 Å². The van der Waals surface area contributed by atoms with E-state index in [0.717, 1.165) is 11.0 Å². The molecule has 1 aromatic carbocycles. The summed E-state index contributed by atoms with van der Waals surface area (Å²) in [6, 6.07) is 5.74. The van der Waals surface area contributed by atoms with E-state index in [0.29, 0.717) is 11.6 Å². The molecule has 98 valence electrons. The van der Waals surface area contributed by atoms with Crippen molar-refractivity contribution in [3.05, 3.63) is 28.8 Å².